The van der Waals surface area contributed by atoms with E-state index in [2.05, 4.69) is 10.2 Å². The van der Waals surface area contributed by atoms with Crippen molar-refractivity contribution < 1.29 is 19.1 Å². The number of carbonyl (C=O) groups excluding carboxylic acids is 3. The Morgan fingerprint density at radius 2 is 1.58 bits per heavy atom. The maximum atomic E-state index is 12.9. The monoisotopic (exact) mass is 491 g/mol. The topological polar surface area (TPSA) is 79.0 Å². The second kappa shape index (κ2) is 11.7. The van der Waals surface area contributed by atoms with E-state index in [0.717, 1.165) is 61.3 Å². The number of aryl methyl sites for hydroxylation is 2. The van der Waals surface area contributed by atoms with Gasteiger partial charge in [-0.05, 0) is 76.4 Å². The summed E-state index contributed by atoms with van der Waals surface area (Å²) in [5.74, 6) is 1.01. The van der Waals surface area contributed by atoms with Crippen molar-refractivity contribution in [1.29, 1.82) is 0 Å². The number of carbonyl (C=O) groups is 3. The molecule has 1 N–H and O–H groups in total. The molecule has 4 rings (SSSR count). The van der Waals surface area contributed by atoms with Crippen LogP contribution in [-0.2, 0) is 4.79 Å². The SMILES string of the molecule is Cc1cc(C)cc(C(=O)N[C@H](C)C(=O)N2CCN(CCCOc3ccc(C(=O)C4CC4)cc3)CC2)c1. The van der Waals surface area contributed by atoms with Crippen LogP contribution in [0, 0.1) is 19.8 Å². The largest absolute Gasteiger partial charge is 0.494 e. The Kier molecular flexibility index (Phi) is 8.41. The average molecular weight is 492 g/mol. The van der Waals surface area contributed by atoms with E-state index in [4.69, 9.17) is 4.74 Å². The summed E-state index contributed by atoms with van der Waals surface area (Å²) in [5.41, 5.74) is 3.41. The van der Waals surface area contributed by atoms with Crippen LogP contribution in [0.1, 0.15) is 58.0 Å². The summed E-state index contributed by atoms with van der Waals surface area (Å²) < 4.78 is 5.84. The molecule has 0 radical (unpaired) electrons. The number of nitrogens with one attached hydrogen (secondary N) is 1. The van der Waals surface area contributed by atoms with Crippen molar-refractivity contribution in [2.24, 2.45) is 5.92 Å². The molecule has 2 fully saturated rings. The van der Waals surface area contributed by atoms with Crippen molar-refractivity contribution in [3.05, 3.63) is 64.7 Å². The minimum atomic E-state index is -0.566. The van der Waals surface area contributed by atoms with Crippen molar-refractivity contribution in [3.63, 3.8) is 0 Å². The molecule has 1 atom stereocenters. The second-order valence-corrected chi connectivity index (χ2v) is 10.1. The Bertz CT molecular complexity index is 1070. The van der Waals surface area contributed by atoms with Crippen LogP contribution in [-0.4, -0.2) is 72.8 Å². The molecule has 36 heavy (non-hydrogen) atoms. The summed E-state index contributed by atoms with van der Waals surface area (Å²) in [7, 11) is 0. The fourth-order valence-corrected chi connectivity index (χ4v) is 4.69. The maximum Gasteiger partial charge on any atom is 0.251 e. The van der Waals surface area contributed by atoms with Gasteiger partial charge in [-0.3, -0.25) is 19.3 Å². The molecule has 1 heterocycles. The van der Waals surface area contributed by atoms with E-state index in [-0.39, 0.29) is 23.5 Å². The average Bonchev–Trinajstić information content (AvgIpc) is 3.71. The Labute approximate surface area is 213 Å². The Hall–Kier alpha value is -3.19. The summed E-state index contributed by atoms with van der Waals surface area (Å²) in [6.45, 7) is 10.1. The molecule has 7 heteroatoms. The third-order valence-corrected chi connectivity index (χ3v) is 6.86. The number of rotatable bonds is 10. The Morgan fingerprint density at radius 3 is 2.19 bits per heavy atom. The molecule has 192 valence electrons. The standard InChI is InChI=1S/C29H37N3O4/c1-20-17-21(2)19-25(18-20)28(34)30-22(3)29(35)32-14-12-31(13-15-32)11-4-16-36-26-9-7-24(8-10-26)27(33)23-5-6-23/h7-10,17-19,22-23H,4-6,11-16H2,1-3H3,(H,30,34)/t22-/m1/s1. The van der Waals surface area contributed by atoms with Crippen molar-refractivity contribution >= 4 is 17.6 Å². The van der Waals surface area contributed by atoms with E-state index < -0.39 is 6.04 Å². The zero-order valence-corrected chi connectivity index (χ0v) is 21.6. The van der Waals surface area contributed by atoms with Crippen LogP contribution in [0.15, 0.2) is 42.5 Å². The molecule has 2 aromatic rings. The van der Waals surface area contributed by atoms with E-state index in [1.807, 2.05) is 61.2 Å². The van der Waals surface area contributed by atoms with E-state index >= 15 is 0 Å². The number of ketones is 1. The molecule has 0 unspecified atom stereocenters. The predicted octanol–water partition coefficient (Wildman–Crippen LogP) is 3.63. The zero-order valence-electron chi connectivity index (χ0n) is 21.6. The van der Waals surface area contributed by atoms with Gasteiger partial charge < -0.3 is 15.0 Å². The van der Waals surface area contributed by atoms with Crippen LogP contribution in [0.2, 0.25) is 0 Å². The number of benzene rings is 2. The number of nitrogens with zero attached hydrogens (tertiary/aromatic N) is 2. The molecule has 1 aliphatic carbocycles. The van der Waals surface area contributed by atoms with E-state index in [0.29, 0.717) is 25.3 Å². The highest BCUT2D eigenvalue weighted by molar-refractivity contribution is 5.99. The molecular weight excluding hydrogens is 454 g/mol. The van der Waals surface area contributed by atoms with Gasteiger partial charge in [0.15, 0.2) is 5.78 Å². The smallest absolute Gasteiger partial charge is 0.251 e. The van der Waals surface area contributed by atoms with Gasteiger partial charge in [-0.25, -0.2) is 0 Å². The van der Waals surface area contributed by atoms with Gasteiger partial charge in [0, 0.05) is 49.8 Å². The number of ether oxygens (including phenoxy) is 1. The van der Waals surface area contributed by atoms with Crippen LogP contribution in [0.4, 0.5) is 0 Å². The Balaban J connectivity index is 1.13. The van der Waals surface area contributed by atoms with Gasteiger partial charge in [0.2, 0.25) is 5.91 Å². The van der Waals surface area contributed by atoms with E-state index in [1.54, 1.807) is 6.92 Å². The van der Waals surface area contributed by atoms with Gasteiger partial charge in [0.1, 0.15) is 11.8 Å². The molecule has 1 aliphatic heterocycles. The molecule has 7 nitrogen and oxygen atoms in total. The van der Waals surface area contributed by atoms with Crippen LogP contribution < -0.4 is 10.1 Å². The zero-order chi connectivity index (χ0) is 25.7. The van der Waals surface area contributed by atoms with Gasteiger partial charge >= 0.3 is 0 Å². The third kappa shape index (κ3) is 6.94. The van der Waals surface area contributed by atoms with Crippen LogP contribution in [0.3, 0.4) is 0 Å². The lowest BCUT2D eigenvalue weighted by atomic mass is 10.1. The highest BCUT2D eigenvalue weighted by Crippen LogP contribution is 2.32. The van der Waals surface area contributed by atoms with Crippen molar-refractivity contribution in [2.45, 2.75) is 46.1 Å². The van der Waals surface area contributed by atoms with Gasteiger partial charge in [-0.15, -0.1) is 0 Å². The minimum Gasteiger partial charge on any atom is -0.494 e. The molecule has 2 aliphatic rings. The third-order valence-electron chi connectivity index (χ3n) is 6.86. The van der Waals surface area contributed by atoms with Gasteiger partial charge in [0.05, 0.1) is 6.61 Å². The summed E-state index contributed by atoms with van der Waals surface area (Å²) in [4.78, 5) is 41.8. The summed E-state index contributed by atoms with van der Waals surface area (Å²) >= 11 is 0. The molecule has 2 aromatic carbocycles. The van der Waals surface area contributed by atoms with E-state index in [1.165, 1.54) is 0 Å². The second-order valence-electron chi connectivity index (χ2n) is 10.1. The van der Waals surface area contributed by atoms with E-state index in [9.17, 15) is 14.4 Å². The van der Waals surface area contributed by atoms with Gasteiger partial charge in [-0.1, -0.05) is 17.2 Å². The molecule has 0 bridgehead atoms. The number of hydrogen-bond donors (Lipinski definition) is 1. The van der Waals surface area contributed by atoms with Crippen LogP contribution in [0.5, 0.6) is 5.75 Å². The summed E-state index contributed by atoms with van der Waals surface area (Å²) in [5, 5.41) is 2.86. The number of piperazine rings is 1. The van der Waals surface area contributed by atoms with Gasteiger partial charge in [0.25, 0.3) is 5.91 Å². The first-order chi connectivity index (χ1) is 17.3. The summed E-state index contributed by atoms with van der Waals surface area (Å²) in [6.07, 6.45) is 2.92. The molecule has 0 spiro atoms. The van der Waals surface area contributed by atoms with Crippen molar-refractivity contribution in [2.75, 3.05) is 39.3 Å². The fraction of sp³-hybridized carbons (Fsp3) is 0.483. The van der Waals surface area contributed by atoms with Gasteiger partial charge in [-0.2, -0.15) is 0 Å². The molecule has 1 saturated carbocycles. The first-order valence-electron chi connectivity index (χ1n) is 13.0. The predicted molar refractivity (Wildman–Crippen MR) is 139 cm³/mol. The normalized spacial score (nSPS) is 16.9. The Morgan fingerprint density at radius 1 is 0.944 bits per heavy atom. The lowest BCUT2D eigenvalue weighted by Crippen LogP contribution is -2.54. The molecule has 1 saturated heterocycles. The van der Waals surface area contributed by atoms with Crippen LogP contribution in [0.25, 0.3) is 0 Å². The number of amides is 2. The fourth-order valence-electron chi connectivity index (χ4n) is 4.69. The molecular formula is C29H37N3O4. The lowest BCUT2D eigenvalue weighted by Gasteiger charge is -2.36. The highest BCUT2D eigenvalue weighted by Gasteiger charge is 2.30. The lowest BCUT2D eigenvalue weighted by molar-refractivity contribution is -0.134. The summed E-state index contributed by atoms with van der Waals surface area (Å²) in [6, 6.07) is 12.6. The van der Waals surface area contributed by atoms with Crippen molar-refractivity contribution in [1.82, 2.24) is 15.1 Å². The van der Waals surface area contributed by atoms with Crippen molar-refractivity contribution in [3.8, 4) is 5.75 Å². The molecule has 0 aromatic heterocycles. The first-order valence-corrected chi connectivity index (χ1v) is 13.0. The minimum absolute atomic E-state index is 0.0423. The van der Waals surface area contributed by atoms with Crippen LogP contribution >= 0.6 is 0 Å². The maximum absolute atomic E-state index is 12.9. The number of hydrogen-bond acceptors (Lipinski definition) is 5. The molecule has 2 amide bonds. The highest BCUT2D eigenvalue weighted by atomic mass is 16.5. The quantitative estimate of drug-likeness (QED) is 0.406. The first kappa shape index (κ1) is 25.9. The number of Topliss-reactive ketones (excluding diaryl/α,β-unsaturated/α-hetero) is 1.